The second-order valence-electron chi connectivity index (χ2n) is 3.40. The second kappa shape index (κ2) is 4.87. The first-order valence-corrected chi connectivity index (χ1v) is 7.81. The summed E-state index contributed by atoms with van der Waals surface area (Å²) >= 11 is 4.23. The van der Waals surface area contributed by atoms with Crippen LogP contribution in [0.5, 0.6) is 0 Å². The Hall–Kier alpha value is -1.12. The van der Waals surface area contributed by atoms with Crippen LogP contribution >= 0.6 is 27.3 Å². The van der Waals surface area contributed by atoms with E-state index in [0.717, 1.165) is 23.5 Å². The molecule has 2 rings (SSSR count). The SMILES string of the molecule is Nc1ccc(F)cc1NS(=O)(=O)c1ccc(Br)s1. The maximum absolute atomic E-state index is 13.0. The zero-order valence-electron chi connectivity index (χ0n) is 8.85. The van der Waals surface area contributed by atoms with Crippen LogP contribution in [0.3, 0.4) is 0 Å². The first-order valence-electron chi connectivity index (χ1n) is 4.72. The Kier molecular flexibility index (Phi) is 3.60. The van der Waals surface area contributed by atoms with Gasteiger partial charge in [0.2, 0.25) is 0 Å². The van der Waals surface area contributed by atoms with Crippen molar-refractivity contribution in [3.63, 3.8) is 0 Å². The van der Waals surface area contributed by atoms with E-state index >= 15 is 0 Å². The summed E-state index contributed by atoms with van der Waals surface area (Å²) in [6, 6.07) is 6.57. The van der Waals surface area contributed by atoms with Gasteiger partial charge in [-0.15, -0.1) is 11.3 Å². The van der Waals surface area contributed by atoms with E-state index in [1.807, 2.05) is 0 Å². The van der Waals surface area contributed by atoms with E-state index in [9.17, 15) is 12.8 Å². The molecule has 0 spiro atoms. The van der Waals surface area contributed by atoms with E-state index < -0.39 is 15.8 Å². The fraction of sp³-hybridized carbons (Fsp3) is 0. The summed E-state index contributed by atoms with van der Waals surface area (Å²) in [5.41, 5.74) is 5.77. The molecule has 3 N–H and O–H groups in total. The van der Waals surface area contributed by atoms with Gasteiger partial charge in [0.05, 0.1) is 15.2 Å². The number of benzene rings is 1. The maximum atomic E-state index is 13.0. The monoisotopic (exact) mass is 350 g/mol. The van der Waals surface area contributed by atoms with Crippen molar-refractivity contribution in [1.29, 1.82) is 0 Å². The van der Waals surface area contributed by atoms with E-state index in [4.69, 9.17) is 5.73 Å². The Morgan fingerprint density at radius 2 is 2.00 bits per heavy atom. The first kappa shape index (κ1) is 13.3. The lowest BCUT2D eigenvalue weighted by Crippen LogP contribution is -2.13. The van der Waals surface area contributed by atoms with Gasteiger partial charge < -0.3 is 5.73 Å². The van der Waals surface area contributed by atoms with Gasteiger partial charge in [0.1, 0.15) is 10.0 Å². The quantitative estimate of drug-likeness (QED) is 0.835. The molecule has 0 fully saturated rings. The minimum absolute atomic E-state index is 0.0273. The molecule has 0 saturated heterocycles. The Labute approximate surface area is 116 Å². The number of nitrogens with two attached hydrogens (primary N) is 1. The highest BCUT2D eigenvalue weighted by molar-refractivity contribution is 9.11. The van der Waals surface area contributed by atoms with Crippen LogP contribution in [0.25, 0.3) is 0 Å². The zero-order valence-corrected chi connectivity index (χ0v) is 12.1. The fourth-order valence-electron chi connectivity index (χ4n) is 1.25. The lowest BCUT2D eigenvalue weighted by Gasteiger charge is -2.08. The van der Waals surface area contributed by atoms with E-state index in [0.29, 0.717) is 3.79 Å². The predicted molar refractivity (Wildman–Crippen MR) is 73.6 cm³/mol. The Morgan fingerprint density at radius 3 is 2.61 bits per heavy atom. The van der Waals surface area contributed by atoms with Crippen molar-refractivity contribution in [2.75, 3.05) is 10.5 Å². The molecule has 96 valence electrons. The molecular weight excluding hydrogens is 343 g/mol. The molecule has 0 aliphatic heterocycles. The van der Waals surface area contributed by atoms with Gasteiger partial charge >= 0.3 is 0 Å². The van der Waals surface area contributed by atoms with Gasteiger partial charge in [-0.25, -0.2) is 12.8 Å². The van der Waals surface area contributed by atoms with Gasteiger partial charge in [0, 0.05) is 6.07 Å². The normalized spacial score (nSPS) is 11.4. The molecule has 2 aromatic rings. The molecular formula is C10H8BrFN2O2S2. The summed E-state index contributed by atoms with van der Waals surface area (Å²) < 4.78 is 40.1. The number of hydrogen-bond acceptors (Lipinski definition) is 4. The molecule has 8 heteroatoms. The minimum atomic E-state index is -3.74. The number of nitrogen functional groups attached to an aromatic ring is 1. The standard InChI is InChI=1S/C10H8BrFN2O2S2/c11-9-3-4-10(17-9)18(15,16)14-8-5-6(12)1-2-7(8)13/h1-5,14H,13H2. The topological polar surface area (TPSA) is 72.2 Å². The van der Waals surface area contributed by atoms with Crippen molar-refractivity contribution < 1.29 is 12.8 Å². The van der Waals surface area contributed by atoms with Gasteiger partial charge in [-0.3, -0.25) is 4.72 Å². The smallest absolute Gasteiger partial charge is 0.271 e. The average molecular weight is 351 g/mol. The number of hydrogen-bond donors (Lipinski definition) is 2. The summed E-state index contributed by atoms with van der Waals surface area (Å²) in [4.78, 5) is 0. The van der Waals surface area contributed by atoms with Gasteiger partial charge in [0.25, 0.3) is 10.0 Å². The number of rotatable bonds is 3. The Morgan fingerprint density at radius 1 is 1.28 bits per heavy atom. The molecule has 1 heterocycles. The highest BCUT2D eigenvalue weighted by atomic mass is 79.9. The molecule has 18 heavy (non-hydrogen) atoms. The molecule has 0 bridgehead atoms. The lowest BCUT2D eigenvalue weighted by molar-refractivity contribution is 0.603. The summed E-state index contributed by atoms with van der Waals surface area (Å²) in [5.74, 6) is -0.561. The molecule has 0 amide bonds. The number of anilines is 2. The van der Waals surface area contributed by atoms with E-state index in [1.54, 1.807) is 6.07 Å². The van der Waals surface area contributed by atoms with E-state index in [1.165, 1.54) is 12.1 Å². The van der Waals surface area contributed by atoms with Crippen LogP contribution in [0.1, 0.15) is 0 Å². The molecule has 1 aromatic heterocycles. The van der Waals surface area contributed by atoms with E-state index in [-0.39, 0.29) is 15.6 Å². The Balaban J connectivity index is 2.36. The van der Waals surface area contributed by atoms with Crippen LogP contribution in [0, 0.1) is 5.82 Å². The number of sulfonamides is 1. The second-order valence-corrected chi connectivity index (χ2v) is 7.77. The minimum Gasteiger partial charge on any atom is -0.397 e. The van der Waals surface area contributed by atoms with Crippen molar-refractivity contribution in [2.45, 2.75) is 4.21 Å². The van der Waals surface area contributed by atoms with Gasteiger partial charge in [-0.05, 0) is 40.2 Å². The van der Waals surface area contributed by atoms with Gasteiger partial charge in [0.15, 0.2) is 0 Å². The summed E-state index contributed by atoms with van der Waals surface area (Å²) in [5, 5.41) is 0. The van der Waals surface area contributed by atoms with Crippen molar-refractivity contribution in [3.8, 4) is 0 Å². The molecule has 0 aliphatic carbocycles. The average Bonchev–Trinajstić information content (AvgIpc) is 2.71. The lowest BCUT2D eigenvalue weighted by atomic mass is 10.3. The number of thiophene rings is 1. The number of halogens is 2. The maximum Gasteiger partial charge on any atom is 0.271 e. The molecule has 0 saturated carbocycles. The third-order valence-corrected chi connectivity index (χ3v) is 5.55. The summed E-state index contributed by atoms with van der Waals surface area (Å²) in [7, 11) is -3.74. The Bertz CT molecular complexity index is 685. The van der Waals surface area contributed by atoms with Gasteiger partial charge in [-0.2, -0.15) is 0 Å². The molecule has 0 unspecified atom stereocenters. The van der Waals surface area contributed by atoms with Crippen molar-refractivity contribution in [1.82, 2.24) is 0 Å². The van der Waals surface area contributed by atoms with Crippen molar-refractivity contribution >= 4 is 48.7 Å². The summed E-state index contributed by atoms with van der Waals surface area (Å²) in [6.07, 6.45) is 0. The van der Waals surface area contributed by atoms with Gasteiger partial charge in [-0.1, -0.05) is 0 Å². The zero-order chi connectivity index (χ0) is 13.3. The number of nitrogens with one attached hydrogen (secondary N) is 1. The molecule has 0 radical (unpaired) electrons. The summed E-state index contributed by atoms with van der Waals surface area (Å²) in [6.45, 7) is 0. The van der Waals surface area contributed by atoms with Crippen LogP contribution < -0.4 is 10.5 Å². The van der Waals surface area contributed by atoms with Crippen molar-refractivity contribution in [2.24, 2.45) is 0 Å². The van der Waals surface area contributed by atoms with Crippen molar-refractivity contribution in [3.05, 3.63) is 39.9 Å². The third-order valence-electron chi connectivity index (χ3n) is 2.07. The molecule has 0 atom stereocenters. The molecule has 0 aliphatic rings. The first-order chi connectivity index (χ1) is 8.38. The molecule has 4 nitrogen and oxygen atoms in total. The fourth-order valence-corrected chi connectivity index (χ4v) is 4.34. The predicted octanol–water partition coefficient (Wildman–Crippen LogP) is 3.03. The highest BCUT2D eigenvalue weighted by Crippen LogP contribution is 2.29. The van der Waals surface area contributed by atoms with Crippen LogP contribution in [-0.2, 0) is 10.0 Å². The largest absolute Gasteiger partial charge is 0.397 e. The van der Waals surface area contributed by atoms with Crippen LogP contribution in [0.2, 0.25) is 0 Å². The molecule has 1 aromatic carbocycles. The van der Waals surface area contributed by atoms with Crippen LogP contribution in [0.4, 0.5) is 15.8 Å². The van der Waals surface area contributed by atoms with Crippen LogP contribution in [-0.4, -0.2) is 8.42 Å². The third kappa shape index (κ3) is 2.82. The van der Waals surface area contributed by atoms with Crippen LogP contribution in [0.15, 0.2) is 38.3 Å². The van der Waals surface area contributed by atoms with E-state index in [2.05, 4.69) is 20.7 Å². The highest BCUT2D eigenvalue weighted by Gasteiger charge is 2.18.